The number of aliphatic hydroxyl groups excluding tert-OH is 2. The van der Waals surface area contributed by atoms with Gasteiger partial charge in [0.2, 0.25) is 0 Å². The van der Waals surface area contributed by atoms with Gasteiger partial charge in [-0.3, -0.25) is 32.5 Å². The molecule has 0 bridgehead atoms. The van der Waals surface area contributed by atoms with Crippen molar-refractivity contribution >= 4 is 33.6 Å². The Morgan fingerprint density at radius 2 is 0.430 bits per heavy atom. The Bertz CT molecular complexity index is 2980. The molecule has 0 spiro atoms. The van der Waals surface area contributed by atoms with Crippen molar-refractivity contribution in [3.63, 3.8) is 0 Å². The van der Waals surface area contributed by atoms with Gasteiger partial charge in [-0.15, -0.1) is 0 Å². The highest BCUT2D eigenvalue weighted by atomic mass is 31.2. The van der Waals surface area contributed by atoms with Crippen LogP contribution in [0.2, 0.25) is 0 Å². The molecule has 0 aromatic carbocycles. The highest BCUT2D eigenvalue weighted by molar-refractivity contribution is 7.47. The highest BCUT2D eigenvalue weighted by Crippen LogP contribution is 2.45. The maximum absolute atomic E-state index is 13.0. The molecule has 5 atom stereocenters. The van der Waals surface area contributed by atoms with Crippen molar-refractivity contribution in [2.24, 2.45) is 0 Å². The van der Waals surface area contributed by atoms with Crippen LogP contribution in [-0.2, 0) is 55.8 Å². The number of esters is 3. The van der Waals surface area contributed by atoms with E-state index in [1.54, 1.807) is 0 Å². The lowest BCUT2D eigenvalue weighted by molar-refractivity contribution is -0.161. The first kappa shape index (κ1) is 115. The first-order chi connectivity index (χ1) is 59.2. The molecule has 0 aliphatic heterocycles. The molecule has 0 heterocycles. The second-order valence-electron chi connectivity index (χ2n) is 31.4. The average Bonchev–Trinajstić information content (AvgIpc) is 0.968. The van der Waals surface area contributed by atoms with Gasteiger partial charge in [0.15, 0.2) is 6.10 Å². The summed E-state index contributed by atoms with van der Waals surface area (Å²) in [6.07, 6.45) is 125. The first-order valence-electron chi connectivity index (χ1n) is 47.7. The van der Waals surface area contributed by atoms with E-state index in [0.29, 0.717) is 25.7 Å². The molecule has 0 aliphatic carbocycles. The molecule has 0 amide bonds. The lowest BCUT2D eigenvalue weighted by Gasteiger charge is -2.21. The molecule has 0 radical (unpaired) electrons. The number of allylic oxidation sites excluding steroid dienone is 32. The average molecular weight is 1730 g/mol. The summed E-state index contributed by atoms with van der Waals surface area (Å²) in [5.41, 5.74) is 0. The van der Waals surface area contributed by atoms with Gasteiger partial charge < -0.3 is 34.2 Å². The van der Waals surface area contributed by atoms with Gasteiger partial charge in [0, 0.05) is 19.3 Å². The van der Waals surface area contributed by atoms with Gasteiger partial charge in [-0.1, -0.05) is 408 Å². The summed E-state index contributed by atoms with van der Waals surface area (Å²) in [6, 6.07) is 0. The molecular weight excluding hydrogens is 1560 g/mol. The number of phosphoric ester groups is 2. The number of rotatable bonds is 89. The van der Waals surface area contributed by atoms with Crippen molar-refractivity contribution < 1.29 is 75.8 Å². The SMILES string of the molecule is CC/C=C\C/C=C\C/C=C\C/C=C\C/C=C\C/C=C\CCC(=O)OC(COC(=O)CCCCCCCCCCCCCCCCC/C=C\C/C=C\C/C=C\C/C=C\C/C=C\CC)COP(=O)(O)OCC(O)COP(=O)(O)OCC(O)COC(=O)CCCCCCCCCCCCCCCCCCCCC/C=C\C/C=C\C/C=C\C/C=C\C/C=C\CC. The zero-order valence-corrected chi connectivity index (χ0v) is 77.9. The smallest absolute Gasteiger partial charge is 0.463 e. The highest BCUT2D eigenvalue weighted by Gasteiger charge is 2.29. The molecule has 4 N–H and O–H groups in total. The van der Waals surface area contributed by atoms with E-state index in [9.17, 15) is 43.5 Å². The minimum absolute atomic E-state index is 0.0250. The normalized spacial score (nSPS) is 14.6. The Morgan fingerprint density at radius 3 is 0.686 bits per heavy atom. The number of hydrogen-bond acceptors (Lipinski definition) is 14. The molecule has 0 aromatic heterocycles. The lowest BCUT2D eigenvalue weighted by Crippen LogP contribution is -2.29. The Hall–Kier alpha value is -5.61. The largest absolute Gasteiger partial charge is 0.472 e. The fraction of sp³-hybridized carbons (Fsp3) is 0.660. The monoisotopic (exact) mass is 1730 g/mol. The maximum atomic E-state index is 13.0. The molecule has 0 saturated heterocycles. The van der Waals surface area contributed by atoms with Gasteiger partial charge in [0.25, 0.3) is 0 Å². The molecule has 0 saturated carbocycles. The van der Waals surface area contributed by atoms with Gasteiger partial charge >= 0.3 is 33.6 Å². The van der Waals surface area contributed by atoms with Gasteiger partial charge in [-0.25, -0.2) is 9.13 Å². The molecule has 690 valence electrons. The quantitative estimate of drug-likeness (QED) is 0.0146. The minimum Gasteiger partial charge on any atom is -0.463 e. The molecule has 0 fully saturated rings. The molecule has 0 aromatic rings. The minimum atomic E-state index is -4.97. The molecule has 0 rings (SSSR count). The van der Waals surface area contributed by atoms with E-state index in [1.807, 2.05) is 18.2 Å². The van der Waals surface area contributed by atoms with E-state index in [2.05, 4.69) is 197 Å². The second-order valence-corrected chi connectivity index (χ2v) is 34.3. The predicted octanol–water partition coefficient (Wildman–Crippen LogP) is 29.8. The van der Waals surface area contributed by atoms with Gasteiger partial charge in [0.1, 0.15) is 25.4 Å². The number of hydrogen-bond donors (Lipinski definition) is 4. The maximum Gasteiger partial charge on any atom is 0.472 e. The number of phosphoric acid groups is 2. The third-order valence-corrected chi connectivity index (χ3v) is 21.7. The summed E-state index contributed by atoms with van der Waals surface area (Å²) >= 11 is 0. The van der Waals surface area contributed by atoms with Crippen molar-refractivity contribution in [3.8, 4) is 0 Å². The number of ether oxygens (including phenoxy) is 3. The van der Waals surface area contributed by atoms with E-state index in [1.165, 1.54) is 167 Å². The van der Waals surface area contributed by atoms with E-state index in [4.69, 9.17) is 32.3 Å². The molecular formula is C103H172O16P2. The Morgan fingerprint density at radius 1 is 0.231 bits per heavy atom. The Balaban J connectivity index is 4.53. The van der Waals surface area contributed by atoms with Crippen molar-refractivity contribution in [1.82, 2.24) is 0 Å². The summed E-state index contributed by atoms with van der Waals surface area (Å²) in [6.45, 7) is 2.29. The van der Waals surface area contributed by atoms with Gasteiger partial charge in [-0.05, 0) is 148 Å². The van der Waals surface area contributed by atoms with Crippen molar-refractivity contribution in [2.45, 2.75) is 399 Å². The summed E-state index contributed by atoms with van der Waals surface area (Å²) < 4.78 is 61.4. The van der Waals surface area contributed by atoms with Gasteiger partial charge in [0.05, 0.1) is 26.4 Å². The van der Waals surface area contributed by atoms with Crippen LogP contribution in [0.25, 0.3) is 0 Å². The zero-order chi connectivity index (χ0) is 87.9. The van der Waals surface area contributed by atoms with Crippen molar-refractivity contribution in [2.75, 3.05) is 39.6 Å². The second kappa shape index (κ2) is 93.5. The Labute approximate surface area is 737 Å². The summed E-state index contributed by atoms with van der Waals surface area (Å²) in [5, 5.41) is 20.7. The van der Waals surface area contributed by atoms with E-state index in [0.717, 1.165) is 148 Å². The number of carbonyl (C=O) groups excluding carboxylic acids is 3. The van der Waals surface area contributed by atoms with Crippen LogP contribution in [0, 0.1) is 0 Å². The predicted molar refractivity (Wildman–Crippen MR) is 509 cm³/mol. The molecule has 16 nitrogen and oxygen atoms in total. The molecule has 5 unspecified atom stereocenters. The van der Waals surface area contributed by atoms with Crippen LogP contribution in [-0.4, -0.2) is 95.9 Å². The zero-order valence-electron chi connectivity index (χ0n) is 76.1. The number of carbonyl (C=O) groups is 3. The fourth-order valence-electron chi connectivity index (χ4n) is 12.7. The van der Waals surface area contributed by atoms with Gasteiger partial charge in [-0.2, -0.15) is 0 Å². The lowest BCUT2D eigenvalue weighted by atomic mass is 10.0. The van der Waals surface area contributed by atoms with E-state index < -0.39 is 91.5 Å². The van der Waals surface area contributed by atoms with Crippen LogP contribution < -0.4 is 0 Å². The number of unbranched alkanes of at least 4 members (excludes halogenated alkanes) is 34. The van der Waals surface area contributed by atoms with Crippen LogP contribution >= 0.6 is 15.6 Å². The summed E-state index contributed by atoms with van der Waals surface area (Å²) in [7, 11) is -9.84. The third-order valence-electron chi connectivity index (χ3n) is 19.8. The molecule has 121 heavy (non-hydrogen) atoms. The van der Waals surface area contributed by atoms with Crippen LogP contribution in [0.3, 0.4) is 0 Å². The van der Waals surface area contributed by atoms with Crippen molar-refractivity contribution in [1.29, 1.82) is 0 Å². The van der Waals surface area contributed by atoms with Crippen LogP contribution in [0.4, 0.5) is 0 Å². The fourth-order valence-corrected chi connectivity index (χ4v) is 14.3. The van der Waals surface area contributed by atoms with E-state index >= 15 is 0 Å². The van der Waals surface area contributed by atoms with Crippen LogP contribution in [0.5, 0.6) is 0 Å². The topological polar surface area (TPSA) is 231 Å². The number of aliphatic hydroxyl groups is 2. The summed E-state index contributed by atoms with van der Waals surface area (Å²) in [5.74, 6) is -1.67. The van der Waals surface area contributed by atoms with E-state index in [-0.39, 0.29) is 19.3 Å². The van der Waals surface area contributed by atoms with Crippen LogP contribution in [0.15, 0.2) is 194 Å². The van der Waals surface area contributed by atoms with Crippen molar-refractivity contribution in [3.05, 3.63) is 194 Å². The standard InChI is InChI=1S/C103H172O16P2/c1-4-7-10-13-16-19-22-25-28-31-34-36-38-40-42-44-46-47-48-49-51-53-54-56-58-60-63-65-68-71-74-77-80-83-86-89-101(106)113-92-98(104)93-115-120(109,110)116-94-99(105)95-117-121(111,112)118-97-100(119-103(108)91-88-85-82-79-76-73-70-67-62-33-30-27-24-21-18-15-12-9-6-3)96-114-102(107)90-87-84-81-78-75-72-69-66-64-61-59-57-55-52-50-45-43-41-39-37-35-32-29-26-23-20-17-14-11-8-5-2/h7-12,16-21,25-30,34-37,40-43,62,67,73,76,82,85,98-100,104-105H,4-6,13-15,22-24,31-33,38-39,44-61,63-66,68-72,74-75,77-81,83-84,86-97H2,1-3H3,(H,109,110)(H,111,112)/b10-7-,11-8-,12-9-,19-16-,20-17-,21-18-,28-25-,29-26-,30-27-,36-34-,37-35-,42-40-,43-41-,67-62-,76-73-,85-82-. The Kier molecular flexibility index (Phi) is 89.2. The molecule has 18 heteroatoms. The molecule has 0 aliphatic rings. The summed E-state index contributed by atoms with van der Waals surface area (Å²) in [4.78, 5) is 59.0. The first-order valence-corrected chi connectivity index (χ1v) is 50.7. The third kappa shape index (κ3) is 94.9. The van der Waals surface area contributed by atoms with Crippen LogP contribution in [0.1, 0.15) is 380 Å².